The quantitative estimate of drug-likeness (QED) is 0.723. The van der Waals surface area contributed by atoms with Crippen LogP contribution in [-0.2, 0) is 12.7 Å². The van der Waals surface area contributed by atoms with Crippen molar-refractivity contribution in [1.82, 2.24) is 20.3 Å². The third-order valence-electron chi connectivity index (χ3n) is 4.60. The van der Waals surface area contributed by atoms with E-state index in [1.165, 1.54) is 0 Å². The number of aromatic nitrogens is 3. The topological polar surface area (TPSA) is 66.0 Å². The second kappa shape index (κ2) is 8.89. The summed E-state index contributed by atoms with van der Waals surface area (Å²) in [5, 5.41) is 5.74. The highest BCUT2D eigenvalue weighted by Crippen LogP contribution is 2.32. The summed E-state index contributed by atoms with van der Waals surface area (Å²) in [5.74, 6) is 0.830. The minimum atomic E-state index is -4.58. The smallest absolute Gasteiger partial charge is 0.358 e. The molecular formula is C19H23F3N6S. The highest BCUT2D eigenvalue weighted by atomic mass is 32.1. The molecule has 0 saturated carbocycles. The maximum Gasteiger partial charge on any atom is 0.433 e. The van der Waals surface area contributed by atoms with Crippen molar-refractivity contribution in [3.63, 3.8) is 0 Å². The van der Waals surface area contributed by atoms with Crippen molar-refractivity contribution in [2.24, 2.45) is 11.8 Å². The van der Waals surface area contributed by atoms with Crippen LogP contribution in [0.2, 0.25) is 0 Å². The molecule has 3 rings (SSSR count). The number of rotatable bonds is 4. The lowest BCUT2D eigenvalue weighted by Crippen LogP contribution is -2.39. The SMILES string of the molecule is CC1CC(C)CN(c2cc(C(F)(F)F)nc(NC(=S)NCc3cccnc3)n2)C1. The second-order valence-corrected chi connectivity index (χ2v) is 7.86. The van der Waals surface area contributed by atoms with Crippen LogP contribution in [-0.4, -0.2) is 33.2 Å². The summed E-state index contributed by atoms with van der Waals surface area (Å²) in [4.78, 5) is 13.8. The van der Waals surface area contributed by atoms with E-state index in [1.807, 2.05) is 11.0 Å². The normalized spacial score (nSPS) is 19.7. The van der Waals surface area contributed by atoms with Crippen molar-refractivity contribution < 1.29 is 13.2 Å². The predicted octanol–water partition coefficient (Wildman–Crippen LogP) is 3.86. The van der Waals surface area contributed by atoms with E-state index in [0.717, 1.165) is 18.1 Å². The third kappa shape index (κ3) is 5.99. The summed E-state index contributed by atoms with van der Waals surface area (Å²) in [5.41, 5.74) is -0.107. The number of halogens is 3. The van der Waals surface area contributed by atoms with E-state index in [0.29, 0.717) is 31.5 Å². The van der Waals surface area contributed by atoms with Crippen molar-refractivity contribution in [2.45, 2.75) is 33.0 Å². The number of piperidine rings is 1. The Morgan fingerprint density at radius 2 is 1.97 bits per heavy atom. The molecule has 2 unspecified atom stereocenters. The lowest BCUT2D eigenvalue weighted by molar-refractivity contribution is -0.141. The minimum absolute atomic E-state index is 0.138. The lowest BCUT2D eigenvalue weighted by Gasteiger charge is -2.36. The molecular weight excluding hydrogens is 401 g/mol. The largest absolute Gasteiger partial charge is 0.433 e. The summed E-state index contributed by atoms with van der Waals surface area (Å²) < 4.78 is 40.1. The van der Waals surface area contributed by atoms with E-state index in [9.17, 15) is 13.2 Å². The Morgan fingerprint density at radius 3 is 2.59 bits per heavy atom. The molecule has 2 aromatic rings. The molecule has 2 aromatic heterocycles. The summed E-state index contributed by atoms with van der Waals surface area (Å²) in [6.45, 7) is 5.87. The molecule has 0 radical (unpaired) electrons. The number of thiocarbonyl (C=S) groups is 1. The molecule has 1 saturated heterocycles. The standard InChI is InChI=1S/C19H23F3N6S/c1-12-6-13(2)11-28(10-12)16-7-15(19(20,21)22)25-17(26-16)27-18(29)24-9-14-4-3-5-23-8-14/h3-5,7-8,12-13H,6,9-11H2,1-2H3,(H2,24,25,26,27,29). The van der Waals surface area contributed by atoms with Crippen molar-refractivity contribution in [3.8, 4) is 0 Å². The number of nitrogens with one attached hydrogen (secondary N) is 2. The summed E-state index contributed by atoms with van der Waals surface area (Å²) in [6.07, 6.45) is -0.208. The van der Waals surface area contributed by atoms with Crippen LogP contribution in [0.4, 0.5) is 24.9 Å². The van der Waals surface area contributed by atoms with Gasteiger partial charge in [-0.15, -0.1) is 0 Å². The van der Waals surface area contributed by atoms with Gasteiger partial charge in [-0.25, -0.2) is 4.98 Å². The number of hydrogen-bond donors (Lipinski definition) is 2. The van der Waals surface area contributed by atoms with Crippen LogP contribution in [0.25, 0.3) is 0 Å². The van der Waals surface area contributed by atoms with E-state index in [1.54, 1.807) is 18.5 Å². The van der Waals surface area contributed by atoms with Crippen molar-refractivity contribution >= 4 is 29.1 Å². The highest BCUT2D eigenvalue weighted by molar-refractivity contribution is 7.80. The molecule has 3 heterocycles. The third-order valence-corrected chi connectivity index (χ3v) is 4.84. The van der Waals surface area contributed by atoms with Crippen LogP contribution < -0.4 is 15.5 Å². The molecule has 0 aromatic carbocycles. The number of anilines is 2. The zero-order chi connectivity index (χ0) is 21.0. The van der Waals surface area contributed by atoms with Gasteiger partial charge in [0.05, 0.1) is 0 Å². The first kappa shape index (κ1) is 21.2. The number of nitrogens with zero attached hydrogens (tertiary/aromatic N) is 4. The van der Waals surface area contributed by atoms with Gasteiger partial charge in [-0.2, -0.15) is 18.2 Å². The average molecular weight is 424 g/mol. The van der Waals surface area contributed by atoms with Gasteiger partial charge in [-0.05, 0) is 42.1 Å². The minimum Gasteiger partial charge on any atom is -0.358 e. The van der Waals surface area contributed by atoms with Gasteiger partial charge < -0.3 is 15.5 Å². The van der Waals surface area contributed by atoms with Crippen molar-refractivity contribution in [3.05, 3.63) is 41.9 Å². The molecule has 0 spiro atoms. The Balaban J connectivity index is 1.77. The molecule has 2 atom stereocenters. The van der Waals surface area contributed by atoms with Gasteiger partial charge in [0.1, 0.15) is 5.82 Å². The van der Waals surface area contributed by atoms with Gasteiger partial charge in [0.15, 0.2) is 10.8 Å². The van der Waals surface area contributed by atoms with Crippen LogP contribution in [0, 0.1) is 11.8 Å². The molecule has 0 bridgehead atoms. The molecule has 156 valence electrons. The van der Waals surface area contributed by atoms with Crippen LogP contribution in [0.3, 0.4) is 0 Å². The molecule has 1 fully saturated rings. The van der Waals surface area contributed by atoms with Gasteiger partial charge in [-0.3, -0.25) is 4.98 Å². The Morgan fingerprint density at radius 1 is 1.24 bits per heavy atom. The maximum absolute atomic E-state index is 13.4. The first-order valence-corrected chi connectivity index (χ1v) is 9.76. The fourth-order valence-electron chi connectivity index (χ4n) is 3.48. The monoisotopic (exact) mass is 424 g/mol. The maximum atomic E-state index is 13.4. The fourth-order valence-corrected chi connectivity index (χ4v) is 3.64. The molecule has 29 heavy (non-hydrogen) atoms. The molecule has 0 aliphatic carbocycles. The summed E-state index contributed by atoms with van der Waals surface area (Å²) >= 11 is 5.19. The number of pyridine rings is 1. The van der Waals surface area contributed by atoms with Crippen LogP contribution in [0.1, 0.15) is 31.5 Å². The molecule has 6 nitrogen and oxygen atoms in total. The molecule has 10 heteroatoms. The zero-order valence-corrected chi connectivity index (χ0v) is 17.0. The average Bonchev–Trinajstić information content (AvgIpc) is 2.65. The lowest BCUT2D eigenvalue weighted by atomic mass is 9.92. The zero-order valence-electron chi connectivity index (χ0n) is 16.2. The van der Waals surface area contributed by atoms with E-state index >= 15 is 0 Å². The van der Waals surface area contributed by atoms with Crippen LogP contribution in [0.15, 0.2) is 30.6 Å². The van der Waals surface area contributed by atoms with Crippen molar-refractivity contribution in [2.75, 3.05) is 23.3 Å². The second-order valence-electron chi connectivity index (χ2n) is 7.45. The van der Waals surface area contributed by atoms with E-state index in [2.05, 4.69) is 39.4 Å². The Bertz CT molecular complexity index is 836. The van der Waals surface area contributed by atoms with Crippen LogP contribution >= 0.6 is 12.2 Å². The first-order valence-electron chi connectivity index (χ1n) is 9.35. The Hall–Kier alpha value is -2.49. The van der Waals surface area contributed by atoms with Gasteiger partial charge in [0, 0.05) is 38.1 Å². The van der Waals surface area contributed by atoms with Crippen LogP contribution in [0.5, 0.6) is 0 Å². The van der Waals surface area contributed by atoms with Gasteiger partial charge in [0.2, 0.25) is 5.95 Å². The predicted molar refractivity (Wildman–Crippen MR) is 109 cm³/mol. The molecule has 1 aliphatic heterocycles. The highest BCUT2D eigenvalue weighted by Gasteiger charge is 2.35. The van der Waals surface area contributed by atoms with E-state index < -0.39 is 11.9 Å². The Labute approximate surface area is 173 Å². The van der Waals surface area contributed by atoms with E-state index in [4.69, 9.17) is 12.2 Å². The number of alkyl halides is 3. The first-order chi connectivity index (χ1) is 13.7. The van der Waals surface area contributed by atoms with Gasteiger partial charge >= 0.3 is 6.18 Å². The summed E-state index contributed by atoms with van der Waals surface area (Å²) in [7, 11) is 0. The molecule has 2 N–H and O–H groups in total. The summed E-state index contributed by atoms with van der Waals surface area (Å²) in [6, 6.07) is 4.65. The van der Waals surface area contributed by atoms with Gasteiger partial charge in [0.25, 0.3) is 0 Å². The van der Waals surface area contributed by atoms with Crippen molar-refractivity contribution in [1.29, 1.82) is 0 Å². The van der Waals surface area contributed by atoms with Gasteiger partial charge in [-0.1, -0.05) is 19.9 Å². The Kier molecular flexibility index (Phi) is 6.51. The van der Waals surface area contributed by atoms with E-state index in [-0.39, 0.29) is 16.9 Å². The molecule has 1 aliphatic rings. The number of hydrogen-bond acceptors (Lipinski definition) is 5. The fraction of sp³-hybridized carbons (Fsp3) is 0.474. The molecule has 0 amide bonds.